The monoisotopic (exact) mass is 446 g/mol. The highest BCUT2D eigenvalue weighted by Gasteiger charge is 2.28. The zero-order valence-electron chi connectivity index (χ0n) is 18.2. The zero-order chi connectivity index (χ0) is 23.3. The summed E-state index contributed by atoms with van der Waals surface area (Å²) in [6, 6.07) is 4.75. The standard InChI is InChI=1S/C22H30N4O6/c1-15-6-7-16(26-21(31)25(12-17(28)13-27)19(29)11-24-26)10-18(15)20(30)23-14-22(32)8-4-2-3-5-9-22/h6-7,10-11,17,27-28,32H,2-5,8-9,12-14H2,1H3,(H,23,30)/t17-/m0/s1. The lowest BCUT2D eigenvalue weighted by atomic mass is 9.94. The molecule has 1 aliphatic carbocycles. The number of nitrogens with one attached hydrogen (secondary N) is 1. The number of carbonyl (C=O) groups excluding carboxylic acids is 1. The van der Waals surface area contributed by atoms with Crippen LogP contribution in [0.2, 0.25) is 0 Å². The van der Waals surface area contributed by atoms with Crippen molar-refractivity contribution in [3.63, 3.8) is 0 Å². The predicted molar refractivity (Wildman–Crippen MR) is 117 cm³/mol. The maximum absolute atomic E-state index is 12.9. The maximum Gasteiger partial charge on any atom is 0.352 e. The lowest BCUT2D eigenvalue weighted by Crippen LogP contribution is -2.43. The zero-order valence-corrected chi connectivity index (χ0v) is 18.2. The van der Waals surface area contributed by atoms with E-state index in [0.717, 1.165) is 41.1 Å². The van der Waals surface area contributed by atoms with Gasteiger partial charge in [0.1, 0.15) is 6.20 Å². The molecule has 10 heteroatoms. The van der Waals surface area contributed by atoms with E-state index in [1.807, 2.05) is 0 Å². The summed E-state index contributed by atoms with van der Waals surface area (Å²) >= 11 is 0. The van der Waals surface area contributed by atoms with Crippen LogP contribution in [-0.2, 0) is 6.54 Å². The summed E-state index contributed by atoms with van der Waals surface area (Å²) in [4.78, 5) is 37.6. The first kappa shape index (κ1) is 23.8. The van der Waals surface area contributed by atoms with Crippen molar-refractivity contribution in [1.29, 1.82) is 0 Å². The van der Waals surface area contributed by atoms with Crippen LogP contribution in [0.5, 0.6) is 0 Å². The molecule has 0 spiro atoms. The second kappa shape index (κ2) is 10.2. The highest BCUT2D eigenvalue weighted by Crippen LogP contribution is 2.26. The number of aliphatic hydroxyl groups excluding tert-OH is 2. The highest BCUT2D eigenvalue weighted by molar-refractivity contribution is 5.96. The van der Waals surface area contributed by atoms with Crippen LogP contribution in [0.3, 0.4) is 0 Å². The van der Waals surface area contributed by atoms with Gasteiger partial charge in [-0.1, -0.05) is 31.7 Å². The predicted octanol–water partition coefficient (Wildman–Crippen LogP) is -0.129. The molecule has 1 amide bonds. The van der Waals surface area contributed by atoms with Gasteiger partial charge in [-0.3, -0.25) is 14.2 Å². The summed E-state index contributed by atoms with van der Waals surface area (Å²) in [5, 5.41) is 36.1. The number of carbonyl (C=O) groups is 1. The molecule has 1 saturated carbocycles. The summed E-state index contributed by atoms with van der Waals surface area (Å²) in [5.41, 5.74) is -1.16. The number of rotatable bonds is 7. The first-order valence-corrected chi connectivity index (χ1v) is 10.8. The van der Waals surface area contributed by atoms with E-state index in [-0.39, 0.29) is 24.7 Å². The molecule has 0 unspecified atom stereocenters. The molecule has 0 bridgehead atoms. The third-order valence-corrected chi connectivity index (χ3v) is 5.89. The van der Waals surface area contributed by atoms with Crippen molar-refractivity contribution in [2.45, 2.75) is 63.7 Å². The second-order valence-corrected chi connectivity index (χ2v) is 8.44. The smallest absolute Gasteiger partial charge is 0.352 e. The van der Waals surface area contributed by atoms with Crippen LogP contribution < -0.4 is 16.6 Å². The van der Waals surface area contributed by atoms with Gasteiger partial charge in [-0.25, -0.2) is 4.79 Å². The number of hydrogen-bond acceptors (Lipinski definition) is 7. The van der Waals surface area contributed by atoms with Gasteiger partial charge in [-0.05, 0) is 37.5 Å². The molecule has 32 heavy (non-hydrogen) atoms. The maximum atomic E-state index is 12.9. The molecule has 4 N–H and O–H groups in total. The van der Waals surface area contributed by atoms with Crippen LogP contribution in [0.1, 0.15) is 54.4 Å². The molecule has 0 aliphatic heterocycles. The first-order chi connectivity index (χ1) is 15.2. The van der Waals surface area contributed by atoms with Crippen molar-refractivity contribution in [3.8, 4) is 5.69 Å². The number of aryl methyl sites for hydroxylation is 1. The van der Waals surface area contributed by atoms with Gasteiger partial charge in [-0.2, -0.15) is 9.78 Å². The summed E-state index contributed by atoms with van der Waals surface area (Å²) < 4.78 is 1.73. The van der Waals surface area contributed by atoms with Crippen molar-refractivity contribution in [2.24, 2.45) is 0 Å². The number of nitrogens with zero attached hydrogens (tertiary/aromatic N) is 3. The molecule has 1 aromatic carbocycles. The van der Waals surface area contributed by atoms with Gasteiger partial charge in [0, 0.05) is 12.1 Å². The minimum absolute atomic E-state index is 0.150. The number of benzene rings is 1. The summed E-state index contributed by atoms with van der Waals surface area (Å²) in [6.07, 6.45) is 4.97. The molecule has 2 aromatic rings. The Morgan fingerprint density at radius 2 is 1.91 bits per heavy atom. The van der Waals surface area contributed by atoms with Gasteiger partial charge in [0.2, 0.25) is 0 Å². The van der Waals surface area contributed by atoms with Gasteiger partial charge >= 0.3 is 5.69 Å². The van der Waals surface area contributed by atoms with Crippen molar-refractivity contribution in [1.82, 2.24) is 19.7 Å². The Hall–Kier alpha value is -2.82. The molecule has 0 radical (unpaired) electrons. The quantitative estimate of drug-likeness (QED) is 0.433. The van der Waals surface area contributed by atoms with E-state index in [2.05, 4.69) is 10.4 Å². The van der Waals surface area contributed by atoms with Crippen LogP contribution in [0.4, 0.5) is 0 Å². The van der Waals surface area contributed by atoms with Gasteiger partial charge in [-0.15, -0.1) is 0 Å². The van der Waals surface area contributed by atoms with Crippen molar-refractivity contribution in [3.05, 3.63) is 56.4 Å². The summed E-state index contributed by atoms with van der Waals surface area (Å²) in [5.74, 6) is -0.376. The van der Waals surface area contributed by atoms with Crippen LogP contribution >= 0.6 is 0 Å². The topological polar surface area (TPSA) is 147 Å². The molecule has 1 atom stereocenters. The van der Waals surface area contributed by atoms with E-state index in [0.29, 0.717) is 24.0 Å². The number of aliphatic hydroxyl groups is 3. The van der Waals surface area contributed by atoms with E-state index in [1.165, 1.54) is 6.07 Å². The minimum atomic E-state index is -1.27. The van der Waals surface area contributed by atoms with Crippen LogP contribution in [-0.4, -0.2) is 60.4 Å². The Kier molecular flexibility index (Phi) is 7.60. The number of aromatic nitrogens is 3. The third kappa shape index (κ3) is 5.50. The summed E-state index contributed by atoms with van der Waals surface area (Å²) in [7, 11) is 0. The Morgan fingerprint density at radius 3 is 2.56 bits per heavy atom. The van der Waals surface area contributed by atoms with Gasteiger partial charge in [0.15, 0.2) is 0 Å². The molecule has 0 saturated heterocycles. The lowest BCUT2D eigenvalue weighted by molar-refractivity contribution is 0.0246. The van der Waals surface area contributed by atoms with Gasteiger partial charge in [0.25, 0.3) is 11.5 Å². The fourth-order valence-corrected chi connectivity index (χ4v) is 3.94. The van der Waals surface area contributed by atoms with Gasteiger partial charge < -0.3 is 20.6 Å². The van der Waals surface area contributed by atoms with E-state index < -0.39 is 29.6 Å². The van der Waals surface area contributed by atoms with Crippen molar-refractivity contribution >= 4 is 5.91 Å². The molecule has 1 aromatic heterocycles. The molecular formula is C22H30N4O6. The molecule has 1 heterocycles. The Morgan fingerprint density at radius 1 is 1.22 bits per heavy atom. The molecular weight excluding hydrogens is 416 g/mol. The molecule has 3 rings (SSSR count). The second-order valence-electron chi connectivity index (χ2n) is 8.44. The van der Waals surface area contributed by atoms with Crippen LogP contribution in [0.25, 0.3) is 5.69 Å². The first-order valence-electron chi connectivity index (χ1n) is 10.8. The third-order valence-electron chi connectivity index (χ3n) is 5.89. The Bertz CT molecular complexity index is 1070. The van der Waals surface area contributed by atoms with E-state index in [1.54, 1.807) is 19.1 Å². The molecule has 174 valence electrons. The molecule has 1 aliphatic rings. The van der Waals surface area contributed by atoms with E-state index >= 15 is 0 Å². The normalized spacial score (nSPS) is 16.9. The van der Waals surface area contributed by atoms with Crippen molar-refractivity contribution in [2.75, 3.05) is 13.2 Å². The molecule has 10 nitrogen and oxygen atoms in total. The largest absolute Gasteiger partial charge is 0.394 e. The fourth-order valence-electron chi connectivity index (χ4n) is 3.94. The lowest BCUT2D eigenvalue weighted by Gasteiger charge is -2.27. The Labute approximate surface area is 185 Å². The van der Waals surface area contributed by atoms with E-state index in [9.17, 15) is 24.6 Å². The molecule has 1 fully saturated rings. The van der Waals surface area contributed by atoms with Crippen molar-refractivity contribution < 1.29 is 20.1 Å². The summed E-state index contributed by atoms with van der Waals surface area (Å²) in [6.45, 7) is 0.926. The Balaban J connectivity index is 1.86. The van der Waals surface area contributed by atoms with Crippen LogP contribution in [0.15, 0.2) is 34.0 Å². The minimum Gasteiger partial charge on any atom is -0.394 e. The van der Waals surface area contributed by atoms with Crippen LogP contribution in [0, 0.1) is 6.92 Å². The average molecular weight is 447 g/mol. The SMILES string of the molecule is Cc1ccc(-n2ncc(=O)n(C[C@H](O)CO)c2=O)cc1C(=O)NCC1(O)CCCCCC1. The fraction of sp³-hybridized carbons (Fsp3) is 0.545. The van der Waals surface area contributed by atoms with Gasteiger partial charge in [0.05, 0.1) is 30.5 Å². The average Bonchev–Trinajstić information content (AvgIpc) is 3.00. The van der Waals surface area contributed by atoms with E-state index in [4.69, 9.17) is 5.11 Å². The number of hydrogen-bond donors (Lipinski definition) is 4. The highest BCUT2D eigenvalue weighted by atomic mass is 16.3. The number of amides is 1.